The van der Waals surface area contributed by atoms with Crippen molar-refractivity contribution in [2.45, 2.75) is 19.1 Å². The lowest BCUT2D eigenvalue weighted by Gasteiger charge is -2.14. The van der Waals surface area contributed by atoms with Crippen LogP contribution in [0.15, 0.2) is 42.5 Å². The van der Waals surface area contributed by atoms with Gasteiger partial charge in [-0.2, -0.15) is 0 Å². The maximum absolute atomic E-state index is 13.6. The van der Waals surface area contributed by atoms with Crippen molar-refractivity contribution < 1.29 is 19.0 Å². The lowest BCUT2D eigenvalue weighted by atomic mass is 9.99. The summed E-state index contributed by atoms with van der Waals surface area (Å²) in [6, 6.07) is 11.1. The van der Waals surface area contributed by atoms with Gasteiger partial charge in [-0.1, -0.05) is 18.2 Å². The molecule has 120 valence electrons. The first kappa shape index (κ1) is 15.6. The van der Waals surface area contributed by atoms with Crippen LogP contribution in [0, 0.1) is 5.82 Å². The van der Waals surface area contributed by atoms with Gasteiger partial charge in [0.25, 0.3) is 0 Å². The van der Waals surface area contributed by atoms with Gasteiger partial charge >= 0.3 is 5.97 Å². The number of ether oxygens (including phenoxy) is 1. The Labute approximate surface area is 133 Å². The summed E-state index contributed by atoms with van der Waals surface area (Å²) in [6.45, 7) is 2.09. The zero-order valence-corrected chi connectivity index (χ0v) is 12.6. The van der Waals surface area contributed by atoms with E-state index in [4.69, 9.17) is 9.84 Å². The second-order valence-electron chi connectivity index (χ2n) is 5.61. The van der Waals surface area contributed by atoms with Gasteiger partial charge in [-0.15, -0.1) is 0 Å². The van der Waals surface area contributed by atoms with Gasteiger partial charge in [0.1, 0.15) is 5.82 Å². The highest BCUT2D eigenvalue weighted by atomic mass is 19.1. The molecule has 0 amide bonds. The minimum Gasteiger partial charge on any atom is -0.478 e. The Balaban J connectivity index is 1.84. The number of rotatable bonds is 5. The Hall–Kier alpha value is -2.24. The summed E-state index contributed by atoms with van der Waals surface area (Å²) in [5, 5.41) is 12.2. The highest BCUT2D eigenvalue weighted by Gasteiger charge is 2.16. The van der Waals surface area contributed by atoms with Crippen molar-refractivity contribution in [1.82, 2.24) is 5.32 Å². The molecule has 2 N–H and O–H groups in total. The third-order valence-electron chi connectivity index (χ3n) is 4.00. The van der Waals surface area contributed by atoms with Crippen LogP contribution >= 0.6 is 0 Å². The van der Waals surface area contributed by atoms with E-state index < -0.39 is 5.97 Å². The molecule has 1 fully saturated rings. The van der Waals surface area contributed by atoms with Crippen LogP contribution in [0.2, 0.25) is 0 Å². The number of benzene rings is 2. The highest BCUT2D eigenvalue weighted by molar-refractivity contribution is 5.88. The molecule has 0 aromatic heterocycles. The second-order valence-corrected chi connectivity index (χ2v) is 5.61. The molecule has 1 aliphatic heterocycles. The monoisotopic (exact) mass is 315 g/mol. The smallest absolute Gasteiger partial charge is 0.335 e. The number of hydrogen-bond acceptors (Lipinski definition) is 3. The molecule has 5 heteroatoms. The largest absolute Gasteiger partial charge is 0.478 e. The van der Waals surface area contributed by atoms with Gasteiger partial charge in [0, 0.05) is 6.54 Å². The highest BCUT2D eigenvalue weighted by Crippen LogP contribution is 2.26. The molecule has 0 aliphatic carbocycles. The zero-order chi connectivity index (χ0) is 16.2. The van der Waals surface area contributed by atoms with Crippen LogP contribution < -0.4 is 5.32 Å². The number of carboxylic acid groups (broad SMARTS) is 1. The number of carbonyl (C=O) groups is 1. The first-order chi connectivity index (χ1) is 11.1. The summed E-state index contributed by atoms with van der Waals surface area (Å²) in [7, 11) is 0. The molecule has 1 atom stereocenters. The van der Waals surface area contributed by atoms with Gasteiger partial charge in [0.15, 0.2) is 0 Å². The Morgan fingerprint density at radius 1 is 1.26 bits per heavy atom. The minimum atomic E-state index is -0.965. The number of halogens is 1. The van der Waals surface area contributed by atoms with Crippen LogP contribution in [0.1, 0.15) is 22.3 Å². The van der Waals surface area contributed by atoms with E-state index in [0.29, 0.717) is 6.61 Å². The van der Waals surface area contributed by atoms with Crippen molar-refractivity contribution in [2.24, 2.45) is 0 Å². The molecular formula is C18H18FNO3. The number of carboxylic acids is 1. The molecule has 2 aromatic rings. The minimum absolute atomic E-state index is 0.153. The third-order valence-corrected chi connectivity index (χ3v) is 4.00. The van der Waals surface area contributed by atoms with E-state index in [1.54, 1.807) is 30.3 Å². The molecule has 0 spiro atoms. The normalized spacial score (nSPS) is 17.3. The lowest BCUT2D eigenvalue weighted by molar-refractivity contribution is 0.0543. The molecule has 23 heavy (non-hydrogen) atoms. The van der Waals surface area contributed by atoms with Crippen LogP contribution in [-0.4, -0.2) is 30.3 Å². The molecule has 0 bridgehead atoms. The summed E-state index contributed by atoms with van der Waals surface area (Å²) in [6.07, 6.45) is 1.11. The van der Waals surface area contributed by atoms with Crippen molar-refractivity contribution >= 4 is 5.97 Å². The van der Waals surface area contributed by atoms with Crippen molar-refractivity contribution in [1.29, 1.82) is 0 Å². The molecular weight excluding hydrogens is 297 g/mol. The first-order valence-corrected chi connectivity index (χ1v) is 7.58. The molecule has 4 nitrogen and oxygen atoms in total. The summed E-state index contributed by atoms with van der Waals surface area (Å²) >= 11 is 0. The summed E-state index contributed by atoms with van der Waals surface area (Å²) in [5.41, 5.74) is 2.69. The number of hydrogen-bond donors (Lipinski definition) is 2. The van der Waals surface area contributed by atoms with E-state index in [1.165, 1.54) is 12.1 Å². The van der Waals surface area contributed by atoms with Crippen molar-refractivity contribution in [2.75, 3.05) is 13.1 Å². The number of nitrogens with one attached hydrogen (secondary N) is 1. The molecule has 0 saturated carbocycles. The first-order valence-electron chi connectivity index (χ1n) is 7.58. The second kappa shape index (κ2) is 6.89. The molecule has 1 heterocycles. The predicted molar refractivity (Wildman–Crippen MR) is 84.9 cm³/mol. The van der Waals surface area contributed by atoms with Gasteiger partial charge in [-0.25, -0.2) is 9.18 Å². The quantitative estimate of drug-likeness (QED) is 0.890. The third kappa shape index (κ3) is 3.75. The van der Waals surface area contributed by atoms with E-state index in [-0.39, 0.29) is 17.5 Å². The fraction of sp³-hybridized carbons (Fsp3) is 0.278. The average Bonchev–Trinajstić information content (AvgIpc) is 3.06. The fourth-order valence-corrected chi connectivity index (χ4v) is 2.73. The SMILES string of the molecule is O=C(O)c1ccc(-c2ccc(F)cc2COC2CCNC2)cc1. The van der Waals surface area contributed by atoms with E-state index in [9.17, 15) is 9.18 Å². The fourth-order valence-electron chi connectivity index (χ4n) is 2.73. The van der Waals surface area contributed by atoms with Gasteiger partial charge in [0.2, 0.25) is 0 Å². The Morgan fingerprint density at radius 2 is 2.04 bits per heavy atom. The lowest BCUT2D eigenvalue weighted by Crippen LogP contribution is -2.16. The molecule has 1 saturated heterocycles. The van der Waals surface area contributed by atoms with E-state index in [2.05, 4.69) is 5.32 Å². The summed E-state index contributed by atoms with van der Waals surface area (Å²) in [4.78, 5) is 10.9. The van der Waals surface area contributed by atoms with Gasteiger partial charge in [0.05, 0.1) is 18.3 Å². The standard InChI is InChI=1S/C18H18FNO3/c19-15-5-6-17(12-1-3-13(4-2-12)18(21)22)14(9-15)11-23-16-7-8-20-10-16/h1-6,9,16,20H,7-8,10-11H2,(H,21,22). The van der Waals surface area contributed by atoms with E-state index in [0.717, 1.165) is 36.2 Å². The molecule has 0 radical (unpaired) electrons. The summed E-state index contributed by atoms with van der Waals surface area (Å²) < 4.78 is 19.4. The van der Waals surface area contributed by atoms with Crippen LogP contribution in [0.4, 0.5) is 4.39 Å². The Kier molecular flexibility index (Phi) is 4.69. The zero-order valence-electron chi connectivity index (χ0n) is 12.6. The summed E-state index contributed by atoms with van der Waals surface area (Å²) in [5.74, 6) is -1.27. The van der Waals surface area contributed by atoms with Crippen molar-refractivity contribution in [3.05, 3.63) is 59.4 Å². The topological polar surface area (TPSA) is 58.6 Å². The Bertz CT molecular complexity index is 694. The van der Waals surface area contributed by atoms with Gasteiger partial charge in [-0.3, -0.25) is 0 Å². The van der Waals surface area contributed by atoms with Crippen LogP contribution in [-0.2, 0) is 11.3 Å². The average molecular weight is 315 g/mol. The number of aromatic carboxylic acids is 1. The molecule has 3 rings (SSSR count). The van der Waals surface area contributed by atoms with Crippen molar-refractivity contribution in [3.63, 3.8) is 0 Å². The molecule has 2 aromatic carbocycles. The van der Waals surface area contributed by atoms with E-state index in [1.807, 2.05) is 0 Å². The van der Waals surface area contributed by atoms with Crippen molar-refractivity contribution in [3.8, 4) is 11.1 Å². The van der Waals surface area contributed by atoms with E-state index >= 15 is 0 Å². The van der Waals surface area contributed by atoms with Crippen LogP contribution in [0.3, 0.4) is 0 Å². The Morgan fingerprint density at radius 3 is 2.70 bits per heavy atom. The van der Waals surface area contributed by atoms with Gasteiger partial charge < -0.3 is 15.2 Å². The van der Waals surface area contributed by atoms with Crippen LogP contribution in [0.25, 0.3) is 11.1 Å². The maximum Gasteiger partial charge on any atom is 0.335 e. The molecule has 1 unspecified atom stereocenters. The maximum atomic E-state index is 13.6. The predicted octanol–water partition coefficient (Wildman–Crippen LogP) is 3.07. The van der Waals surface area contributed by atoms with Gasteiger partial charge in [-0.05, 0) is 53.9 Å². The molecule has 1 aliphatic rings. The van der Waals surface area contributed by atoms with Crippen LogP contribution in [0.5, 0.6) is 0 Å².